The molecule has 9 heteroatoms. The van der Waals surface area contributed by atoms with Crippen molar-refractivity contribution in [3.63, 3.8) is 0 Å². The fourth-order valence-electron chi connectivity index (χ4n) is 2.11. The largest absolute Gasteiger partial charge is 0.495 e. The Kier molecular flexibility index (Phi) is 6.08. The second kappa shape index (κ2) is 8.68. The molecule has 3 aromatic rings. The molecule has 0 radical (unpaired) electrons. The molecule has 3 rings (SSSR count). The molecule has 0 saturated carbocycles. The highest BCUT2D eigenvalue weighted by Crippen LogP contribution is 2.27. The van der Waals surface area contributed by atoms with Crippen molar-refractivity contribution in [1.29, 1.82) is 0 Å². The number of anilines is 1. The molecular formula is C17H15ClN4O3S. The van der Waals surface area contributed by atoms with Crippen molar-refractivity contribution in [1.82, 2.24) is 15.1 Å². The minimum Gasteiger partial charge on any atom is -0.495 e. The number of halogens is 1. The van der Waals surface area contributed by atoms with E-state index >= 15 is 0 Å². The number of amides is 1. The molecule has 0 unspecified atom stereocenters. The van der Waals surface area contributed by atoms with E-state index in [9.17, 15) is 4.79 Å². The maximum absolute atomic E-state index is 12.2. The summed E-state index contributed by atoms with van der Waals surface area (Å²) in [6.45, 7) is 0. The minimum atomic E-state index is -0.262. The highest BCUT2D eigenvalue weighted by atomic mass is 35.5. The molecule has 0 bridgehead atoms. The van der Waals surface area contributed by atoms with Gasteiger partial charge in [-0.15, -0.1) is 0 Å². The summed E-state index contributed by atoms with van der Waals surface area (Å²) in [5.41, 5.74) is 0.587. The van der Waals surface area contributed by atoms with Gasteiger partial charge in [0.15, 0.2) is 5.82 Å². The number of rotatable bonds is 7. The fraction of sp³-hybridized carbons (Fsp3) is 0.176. The average Bonchev–Trinajstić information content (AvgIpc) is 3.08. The number of nitrogens with one attached hydrogen (secondary N) is 1. The molecule has 0 aliphatic rings. The molecule has 134 valence electrons. The van der Waals surface area contributed by atoms with Crippen LogP contribution in [0.3, 0.4) is 0 Å². The number of para-hydroxylation sites is 2. The Morgan fingerprint density at radius 2 is 2.15 bits per heavy atom. The van der Waals surface area contributed by atoms with Gasteiger partial charge in [0.25, 0.3) is 0 Å². The molecule has 7 nitrogen and oxygen atoms in total. The van der Waals surface area contributed by atoms with Crippen LogP contribution in [0.1, 0.15) is 11.7 Å². The van der Waals surface area contributed by atoms with Gasteiger partial charge in [0.2, 0.25) is 11.8 Å². The van der Waals surface area contributed by atoms with Crippen LogP contribution in [0.5, 0.6) is 5.75 Å². The first-order valence-corrected chi connectivity index (χ1v) is 8.99. The Balaban J connectivity index is 1.56. The molecule has 1 aromatic carbocycles. The number of ether oxygens (including phenoxy) is 1. The monoisotopic (exact) mass is 390 g/mol. The van der Waals surface area contributed by atoms with Gasteiger partial charge in [-0.05, 0) is 24.3 Å². The number of carbonyl (C=O) groups is 1. The second-order valence-corrected chi connectivity index (χ2v) is 6.48. The third kappa shape index (κ3) is 4.74. The molecular weight excluding hydrogens is 376 g/mol. The van der Waals surface area contributed by atoms with Crippen LogP contribution < -0.4 is 10.1 Å². The molecule has 0 atom stereocenters. The highest BCUT2D eigenvalue weighted by molar-refractivity contribution is 7.98. The molecule has 1 N–H and O–H groups in total. The van der Waals surface area contributed by atoms with E-state index in [1.807, 2.05) is 12.1 Å². The zero-order valence-electron chi connectivity index (χ0n) is 13.8. The Bertz CT molecular complexity index is 903. The van der Waals surface area contributed by atoms with Crippen LogP contribution in [0.25, 0.3) is 0 Å². The summed E-state index contributed by atoms with van der Waals surface area (Å²) in [7, 11) is 1.54. The number of pyridine rings is 1. The lowest BCUT2D eigenvalue weighted by Crippen LogP contribution is -2.15. The zero-order valence-corrected chi connectivity index (χ0v) is 15.4. The van der Waals surface area contributed by atoms with Gasteiger partial charge in [-0.25, -0.2) is 4.98 Å². The van der Waals surface area contributed by atoms with E-state index < -0.39 is 0 Å². The van der Waals surface area contributed by atoms with Crippen molar-refractivity contribution < 1.29 is 14.1 Å². The Hall–Kier alpha value is -2.58. The first-order valence-electron chi connectivity index (χ1n) is 7.63. The van der Waals surface area contributed by atoms with Gasteiger partial charge in [-0.3, -0.25) is 4.79 Å². The van der Waals surface area contributed by atoms with Gasteiger partial charge >= 0.3 is 0 Å². The van der Waals surface area contributed by atoms with Gasteiger partial charge in [0.05, 0.1) is 30.0 Å². The quantitative estimate of drug-likeness (QED) is 0.616. The number of benzene rings is 1. The minimum absolute atomic E-state index is 0.00341. The van der Waals surface area contributed by atoms with Crippen LogP contribution in [0.4, 0.5) is 5.69 Å². The van der Waals surface area contributed by atoms with Gasteiger partial charge in [0, 0.05) is 6.20 Å². The zero-order chi connectivity index (χ0) is 18.4. The standard InChI is InChI=1S/C17H15ClN4O3S/c1-24-13-7-3-2-6-12(13)20-15(23)9-14-21-16(25-22-14)10-26-17-11(18)5-4-8-19-17/h2-8H,9-10H2,1H3,(H,20,23). The van der Waals surface area contributed by atoms with Crippen LogP contribution in [0, 0.1) is 0 Å². The molecule has 1 amide bonds. The van der Waals surface area contributed by atoms with Crippen molar-refractivity contribution in [3.05, 3.63) is 59.3 Å². The third-order valence-corrected chi connectivity index (χ3v) is 4.67. The number of hydrogen-bond donors (Lipinski definition) is 1. The van der Waals surface area contributed by atoms with Gasteiger partial charge in [-0.1, -0.05) is 40.7 Å². The van der Waals surface area contributed by atoms with Crippen LogP contribution >= 0.6 is 23.4 Å². The topological polar surface area (TPSA) is 90.1 Å². The van der Waals surface area contributed by atoms with Crippen LogP contribution in [0.15, 0.2) is 52.1 Å². The molecule has 2 heterocycles. The lowest BCUT2D eigenvalue weighted by atomic mass is 10.2. The van der Waals surface area contributed by atoms with Crippen molar-refractivity contribution >= 4 is 35.0 Å². The summed E-state index contributed by atoms with van der Waals surface area (Å²) in [5, 5.41) is 7.84. The summed E-state index contributed by atoms with van der Waals surface area (Å²) in [5.74, 6) is 1.44. The number of hydrogen-bond acceptors (Lipinski definition) is 7. The fourth-order valence-corrected chi connectivity index (χ4v) is 3.12. The lowest BCUT2D eigenvalue weighted by molar-refractivity contribution is -0.115. The second-order valence-electron chi connectivity index (χ2n) is 5.11. The van der Waals surface area contributed by atoms with E-state index in [4.69, 9.17) is 20.9 Å². The van der Waals surface area contributed by atoms with E-state index in [1.165, 1.54) is 11.8 Å². The maximum atomic E-state index is 12.2. The first kappa shape index (κ1) is 18.2. The van der Waals surface area contributed by atoms with E-state index in [2.05, 4.69) is 20.4 Å². The number of nitrogens with zero attached hydrogens (tertiary/aromatic N) is 3. The van der Waals surface area contributed by atoms with Crippen molar-refractivity contribution in [3.8, 4) is 5.75 Å². The Morgan fingerprint density at radius 3 is 2.96 bits per heavy atom. The van der Waals surface area contributed by atoms with E-state index in [1.54, 1.807) is 37.6 Å². The van der Waals surface area contributed by atoms with E-state index in [0.29, 0.717) is 39.0 Å². The Morgan fingerprint density at radius 1 is 1.31 bits per heavy atom. The van der Waals surface area contributed by atoms with Crippen LogP contribution in [-0.4, -0.2) is 28.1 Å². The molecule has 0 aliphatic heterocycles. The summed E-state index contributed by atoms with van der Waals surface area (Å²) in [4.78, 5) is 20.6. The molecule has 0 spiro atoms. The number of aromatic nitrogens is 3. The summed E-state index contributed by atoms with van der Waals surface area (Å²) < 4.78 is 10.4. The predicted octanol–water partition coefficient (Wildman–Crippen LogP) is 3.60. The highest BCUT2D eigenvalue weighted by Gasteiger charge is 2.13. The maximum Gasteiger partial charge on any atom is 0.237 e. The lowest BCUT2D eigenvalue weighted by Gasteiger charge is -2.08. The Labute approximate surface area is 159 Å². The molecule has 2 aromatic heterocycles. The van der Waals surface area contributed by atoms with E-state index in [0.717, 1.165) is 0 Å². The number of carbonyl (C=O) groups excluding carboxylic acids is 1. The molecule has 0 saturated heterocycles. The van der Waals surface area contributed by atoms with Crippen molar-refractivity contribution in [2.24, 2.45) is 0 Å². The third-order valence-electron chi connectivity index (χ3n) is 3.27. The van der Waals surface area contributed by atoms with Crippen molar-refractivity contribution in [2.75, 3.05) is 12.4 Å². The molecule has 0 fully saturated rings. The number of thioether (sulfide) groups is 1. The van der Waals surface area contributed by atoms with Gasteiger partial charge in [-0.2, -0.15) is 4.98 Å². The average molecular weight is 391 g/mol. The smallest absolute Gasteiger partial charge is 0.237 e. The SMILES string of the molecule is COc1ccccc1NC(=O)Cc1noc(CSc2ncccc2Cl)n1. The molecule has 26 heavy (non-hydrogen) atoms. The number of methoxy groups -OCH3 is 1. The summed E-state index contributed by atoms with van der Waals surface area (Å²) in [6.07, 6.45) is 1.66. The normalized spacial score (nSPS) is 10.5. The summed E-state index contributed by atoms with van der Waals surface area (Å²) >= 11 is 7.44. The predicted molar refractivity (Wildman–Crippen MR) is 98.4 cm³/mol. The van der Waals surface area contributed by atoms with Gasteiger partial charge in [0.1, 0.15) is 10.8 Å². The van der Waals surface area contributed by atoms with E-state index in [-0.39, 0.29) is 12.3 Å². The van der Waals surface area contributed by atoms with Crippen LogP contribution in [0.2, 0.25) is 5.02 Å². The van der Waals surface area contributed by atoms with Crippen LogP contribution in [-0.2, 0) is 17.0 Å². The van der Waals surface area contributed by atoms with Crippen molar-refractivity contribution in [2.45, 2.75) is 17.2 Å². The molecule has 0 aliphatic carbocycles. The van der Waals surface area contributed by atoms with Gasteiger partial charge < -0.3 is 14.6 Å². The first-order chi connectivity index (χ1) is 12.7. The summed E-state index contributed by atoms with van der Waals surface area (Å²) in [6, 6.07) is 10.7.